The summed E-state index contributed by atoms with van der Waals surface area (Å²) in [4.78, 5) is 19.2. The first-order valence-electron chi connectivity index (χ1n) is 9.38. The van der Waals surface area contributed by atoms with Crippen molar-refractivity contribution in [3.63, 3.8) is 0 Å². The monoisotopic (exact) mass is 409 g/mol. The number of thioether (sulfide) groups is 1. The minimum Gasteiger partial charge on any atom is -0.338 e. The molecule has 8 heteroatoms. The van der Waals surface area contributed by atoms with Gasteiger partial charge in [0.05, 0.1) is 28.3 Å². The molecule has 0 radical (unpaired) electrons. The molecule has 0 N–H and O–H groups in total. The summed E-state index contributed by atoms with van der Waals surface area (Å²) in [6.07, 6.45) is 0.540. The molecule has 1 amide bonds. The fourth-order valence-electron chi connectivity index (χ4n) is 3.57. The van der Waals surface area contributed by atoms with E-state index in [4.69, 9.17) is 4.98 Å². The lowest BCUT2D eigenvalue weighted by Crippen LogP contribution is -2.42. The highest BCUT2D eigenvalue weighted by Gasteiger charge is 2.33. The van der Waals surface area contributed by atoms with E-state index >= 15 is 0 Å². The Bertz CT molecular complexity index is 921. The Balaban J connectivity index is 1.74. The number of aromatic nitrogens is 2. The zero-order valence-corrected chi connectivity index (χ0v) is 17.7. The molecule has 2 aromatic rings. The molecule has 0 saturated carbocycles. The minimum absolute atomic E-state index is 0.0206. The molecular weight excluding hydrogens is 382 g/mol. The third kappa shape index (κ3) is 4.66. The predicted octanol–water partition coefficient (Wildman–Crippen LogP) is 2.82. The van der Waals surface area contributed by atoms with E-state index in [1.165, 1.54) is 11.8 Å². The molecule has 0 spiro atoms. The van der Waals surface area contributed by atoms with Crippen molar-refractivity contribution in [2.75, 3.05) is 23.8 Å². The van der Waals surface area contributed by atoms with E-state index in [9.17, 15) is 13.2 Å². The summed E-state index contributed by atoms with van der Waals surface area (Å²) in [7, 11) is -3.01. The number of fused-ring (bicyclic) bond motifs is 1. The molecule has 1 aliphatic heterocycles. The molecule has 2 heterocycles. The number of para-hydroxylation sites is 2. The fraction of sp³-hybridized carbons (Fsp3) is 0.579. The molecule has 1 atom stereocenters. The summed E-state index contributed by atoms with van der Waals surface area (Å²) >= 11 is 1.44. The first-order valence-corrected chi connectivity index (χ1v) is 12.2. The van der Waals surface area contributed by atoms with Crippen molar-refractivity contribution in [1.82, 2.24) is 14.5 Å². The summed E-state index contributed by atoms with van der Waals surface area (Å²) in [6, 6.07) is 7.81. The highest BCUT2D eigenvalue weighted by atomic mass is 32.2. The van der Waals surface area contributed by atoms with Gasteiger partial charge in [0.15, 0.2) is 15.0 Å². The molecule has 27 heavy (non-hydrogen) atoms. The highest BCUT2D eigenvalue weighted by molar-refractivity contribution is 7.99. The molecule has 1 aromatic heterocycles. The number of carbonyl (C=O) groups excluding carboxylic acids is 1. The first kappa shape index (κ1) is 20.2. The lowest BCUT2D eigenvalue weighted by atomic mass is 10.2. The molecule has 1 fully saturated rings. The quantitative estimate of drug-likeness (QED) is 0.658. The summed E-state index contributed by atoms with van der Waals surface area (Å²) in [5.41, 5.74) is 2.01. The largest absolute Gasteiger partial charge is 0.338 e. The van der Waals surface area contributed by atoms with Crippen LogP contribution in [0.1, 0.15) is 27.2 Å². The van der Waals surface area contributed by atoms with Crippen molar-refractivity contribution in [1.29, 1.82) is 0 Å². The van der Waals surface area contributed by atoms with Crippen LogP contribution in [0, 0.1) is 5.92 Å². The lowest BCUT2D eigenvalue weighted by Gasteiger charge is -2.26. The number of hydrogen-bond donors (Lipinski definition) is 0. The fourth-order valence-corrected chi connectivity index (χ4v) is 6.21. The van der Waals surface area contributed by atoms with Gasteiger partial charge in [-0.2, -0.15) is 0 Å². The lowest BCUT2D eigenvalue weighted by molar-refractivity contribution is -0.129. The number of amides is 1. The number of imidazole rings is 1. The van der Waals surface area contributed by atoms with Crippen molar-refractivity contribution in [2.45, 2.75) is 44.9 Å². The Labute approximate surface area is 165 Å². The molecule has 1 saturated heterocycles. The molecular formula is C19H27N3O3S2. The van der Waals surface area contributed by atoms with Gasteiger partial charge < -0.3 is 9.47 Å². The zero-order chi connectivity index (χ0) is 19.6. The number of carbonyl (C=O) groups is 1. The van der Waals surface area contributed by atoms with Gasteiger partial charge in [-0.3, -0.25) is 4.79 Å². The van der Waals surface area contributed by atoms with Crippen LogP contribution in [0.3, 0.4) is 0 Å². The van der Waals surface area contributed by atoms with Gasteiger partial charge in [0.2, 0.25) is 5.91 Å². The van der Waals surface area contributed by atoms with Crippen molar-refractivity contribution >= 4 is 38.5 Å². The van der Waals surface area contributed by atoms with Gasteiger partial charge in [0.25, 0.3) is 0 Å². The van der Waals surface area contributed by atoms with E-state index in [1.807, 2.05) is 25.1 Å². The summed E-state index contributed by atoms with van der Waals surface area (Å²) in [6.45, 7) is 7.60. The van der Waals surface area contributed by atoms with Gasteiger partial charge in [-0.25, -0.2) is 13.4 Å². The summed E-state index contributed by atoms with van der Waals surface area (Å²) in [5, 5.41) is 0.841. The number of sulfone groups is 1. The second-order valence-electron chi connectivity index (χ2n) is 7.41. The summed E-state index contributed by atoms with van der Waals surface area (Å²) < 4.78 is 25.7. The van der Waals surface area contributed by atoms with Crippen molar-refractivity contribution in [2.24, 2.45) is 5.92 Å². The maximum Gasteiger partial charge on any atom is 0.233 e. The standard InChI is InChI=1S/C19H27N3O3S2/c1-4-21(15-9-10-27(24,25)13-15)18(23)12-26-19-20-16-7-5-6-8-17(16)22(19)11-14(2)3/h5-8,14-15H,4,9-13H2,1-3H3/t15-/m0/s1. The van der Waals surface area contributed by atoms with Gasteiger partial charge in [0, 0.05) is 19.1 Å². The molecule has 0 bridgehead atoms. The number of nitrogens with zero attached hydrogens (tertiary/aromatic N) is 3. The number of hydrogen-bond acceptors (Lipinski definition) is 5. The maximum absolute atomic E-state index is 12.8. The number of rotatable bonds is 7. The smallest absolute Gasteiger partial charge is 0.233 e. The van der Waals surface area contributed by atoms with Crippen molar-refractivity contribution in [3.8, 4) is 0 Å². The molecule has 1 aliphatic rings. The topological polar surface area (TPSA) is 72.3 Å². The average molecular weight is 410 g/mol. The van der Waals surface area contributed by atoms with Gasteiger partial charge in [-0.1, -0.05) is 37.7 Å². The Morgan fingerprint density at radius 1 is 1.37 bits per heavy atom. The molecule has 148 valence electrons. The first-order chi connectivity index (χ1) is 12.8. The SMILES string of the molecule is CCN(C(=O)CSc1nc2ccccc2n1CC(C)C)[C@H]1CCS(=O)(=O)C1. The summed E-state index contributed by atoms with van der Waals surface area (Å²) in [5.74, 6) is 0.981. The Hall–Kier alpha value is -1.54. The van der Waals surface area contributed by atoms with Crippen LogP contribution in [0.2, 0.25) is 0 Å². The minimum atomic E-state index is -3.01. The van der Waals surface area contributed by atoms with Crippen LogP contribution >= 0.6 is 11.8 Å². The van der Waals surface area contributed by atoms with Crippen LogP contribution in [0.4, 0.5) is 0 Å². The molecule has 0 aliphatic carbocycles. The van der Waals surface area contributed by atoms with E-state index in [-0.39, 0.29) is 29.2 Å². The van der Waals surface area contributed by atoms with Crippen molar-refractivity contribution < 1.29 is 13.2 Å². The predicted molar refractivity (Wildman–Crippen MR) is 110 cm³/mol. The second-order valence-corrected chi connectivity index (χ2v) is 10.6. The normalized spacial score (nSPS) is 19.0. The number of benzene rings is 1. The third-order valence-corrected chi connectivity index (χ3v) is 7.51. The zero-order valence-electron chi connectivity index (χ0n) is 16.1. The molecule has 6 nitrogen and oxygen atoms in total. The average Bonchev–Trinajstić information content (AvgIpc) is 3.13. The van der Waals surface area contributed by atoms with Crippen LogP contribution < -0.4 is 0 Å². The second kappa shape index (κ2) is 8.22. The van der Waals surface area contributed by atoms with E-state index in [2.05, 4.69) is 24.5 Å². The Kier molecular flexibility index (Phi) is 6.15. The van der Waals surface area contributed by atoms with Gasteiger partial charge in [0.1, 0.15) is 0 Å². The Morgan fingerprint density at radius 3 is 2.74 bits per heavy atom. The third-order valence-electron chi connectivity index (χ3n) is 4.80. The van der Waals surface area contributed by atoms with Crippen LogP contribution in [-0.2, 0) is 21.2 Å². The molecule has 3 rings (SSSR count). The van der Waals surface area contributed by atoms with Gasteiger partial charge in [-0.05, 0) is 31.4 Å². The van der Waals surface area contributed by atoms with E-state index in [0.717, 1.165) is 22.7 Å². The van der Waals surface area contributed by atoms with Gasteiger partial charge >= 0.3 is 0 Å². The Morgan fingerprint density at radius 2 is 2.11 bits per heavy atom. The molecule has 1 aromatic carbocycles. The molecule has 0 unspecified atom stereocenters. The van der Waals surface area contributed by atoms with Crippen LogP contribution in [0.5, 0.6) is 0 Å². The maximum atomic E-state index is 12.8. The van der Waals surface area contributed by atoms with E-state index < -0.39 is 9.84 Å². The van der Waals surface area contributed by atoms with E-state index in [1.54, 1.807) is 4.90 Å². The van der Waals surface area contributed by atoms with Crippen molar-refractivity contribution in [3.05, 3.63) is 24.3 Å². The van der Waals surface area contributed by atoms with E-state index in [0.29, 0.717) is 18.9 Å². The van der Waals surface area contributed by atoms with Crippen LogP contribution in [0.25, 0.3) is 11.0 Å². The van der Waals surface area contributed by atoms with Crippen LogP contribution in [0.15, 0.2) is 29.4 Å². The van der Waals surface area contributed by atoms with Crippen LogP contribution in [-0.4, -0.2) is 58.6 Å². The highest BCUT2D eigenvalue weighted by Crippen LogP contribution is 2.26. The van der Waals surface area contributed by atoms with Gasteiger partial charge in [-0.15, -0.1) is 0 Å².